The number of halogens is 1. The lowest BCUT2D eigenvalue weighted by Crippen LogP contribution is -2.50. The predicted octanol–water partition coefficient (Wildman–Crippen LogP) is 1.95. The zero-order chi connectivity index (χ0) is 28.7. The highest BCUT2D eigenvalue weighted by atomic mass is 79.9. The van der Waals surface area contributed by atoms with Crippen LogP contribution < -0.4 is 5.56 Å². The van der Waals surface area contributed by atoms with Gasteiger partial charge in [-0.3, -0.25) is 28.8 Å². The molecule has 1 heterocycles. The van der Waals surface area contributed by atoms with Gasteiger partial charge in [0, 0.05) is 27.7 Å². The molecular formula is C25H29BrN2O10. The van der Waals surface area contributed by atoms with E-state index in [1.807, 2.05) is 13.8 Å². The molecule has 0 aliphatic rings. The van der Waals surface area contributed by atoms with Crippen molar-refractivity contribution < 1.29 is 42.9 Å². The number of carbonyl (C=O) groups is 5. The van der Waals surface area contributed by atoms with E-state index in [4.69, 9.17) is 18.9 Å². The highest BCUT2D eigenvalue weighted by molar-refractivity contribution is 9.09. The van der Waals surface area contributed by atoms with Crippen molar-refractivity contribution in [3.05, 3.63) is 39.3 Å². The van der Waals surface area contributed by atoms with E-state index in [2.05, 4.69) is 20.9 Å². The van der Waals surface area contributed by atoms with Gasteiger partial charge in [-0.1, -0.05) is 15.9 Å². The van der Waals surface area contributed by atoms with Crippen molar-refractivity contribution in [1.82, 2.24) is 9.55 Å². The molecule has 12 nitrogen and oxygen atoms in total. The molecule has 0 bridgehead atoms. The van der Waals surface area contributed by atoms with Crippen molar-refractivity contribution in [2.24, 2.45) is 0 Å². The number of ketones is 1. The Kier molecular flexibility index (Phi) is 10.7. The summed E-state index contributed by atoms with van der Waals surface area (Å²) in [5, 5.41) is -0.161. The number of fused-ring (bicyclic) bond motifs is 1. The van der Waals surface area contributed by atoms with Crippen LogP contribution in [-0.4, -0.2) is 69.5 Å². The SMILES string of the molecule is CC(=O)OC[C@@H](OC(C)=O)[C@@H](OC(C)=O)[C@H](Cn1c(=O)c(C(=O)CBr)nc2cc(C)c(C)cc21)OC(C)=O. The molecule has 0 fully saturated rings. The van der Waals surface area contributed by atoms with E-state index < -0.39 is 66.7 Å². The molecule has 2 rings (SSSR count). The topological polar surface area (TPSA) is 157 Å². The Bertz CT molecular complexity index is 1320. The zero-order valence-electron chi connectivity index (χ0n) is 21.9. The first-order valence-electron chi connectivity index (χ1n) is 11.5. The quantitative estimate of drug-likeness (QED) is 0.161. The van der Waals surface area contributed by atoms with Crippen molar-refractivity contribution in [2.75, 3.05) is 11.9 Å². The summed E-state index contributed by atoms with van der Waals surface area (Å²) in [4.78, 5) is 77.7. The first-order chi connectivity index (χ1) is 17.7. The Labute approximate surface area is 226 Å². The molecule has 0 spiro atoms. The number of esters is 4. The lowest BCUT2D eigenvalue weighted by Gasteiger charge is -2.32. The molecule has 0 unspecified atom stereocenters. The molecule has 0 amide bonds. The molecule has 0 saturated carbocycles. The number of ether oxygens (including phenoxy) is 4. The number of benzene rings is 1. The maximum Gasteiger partial charge on any atom is 0.303 e. The molecule has 0 saturated heterocycles. The number of Topliss-reactive ketones (excluding diaryl/α,β-unsaturated/α-hetero) is 1. The number of aromatic nitrogens is 2. The Balaban J connectivity index is 2.78. The van der Waals surface area contributed by atoms with Gasteiger partial charge < -0.3 is 23.5 Å². The summed E-state index contributed by atoms with van der Waals surface area (Å²) in [5.74, 6) is -3.68. The van der Waals surface area contributed by atoms with Gasteiger partial charge >= 0.3 is 23.9 Å². The number of hydrogen-bond acceptors (Lipinski definition) is 11. The van der Waals surface area contributed by atoms with Crippen LogP contribution in [-0.2, 0) is 44.7 Å². The standard InChI is InChI=1S/C25H29BrN2O10/c1-12-7-18-19(8-13(12)2)28(25(34)23(27-18)20(33)9-26)10-21(36-15(4)30)24(38-17(6)32)22(37-16(5)31)11-35-14(3)29/h7-8,21-22,24H,9-11H2,1-6H3/t21-,22+,24-/m0/s1. The molecular weight excluding hydrogens is 568 g/mol. The maximum atomic E-state index is 13.5. The summed E-state index contributed by atoms with van der Waals surface area (Å²) in [6.07, 6.45) is -4.29. The van der Waals surface area contributed by atoms with Gasteiger partial charge in [0.05, 0.1) is 22.9 Å². The third-order valence-corrected chi connectivity index (χ3v) is 5.94. The van der Waals surface area contributed by atoms with E-state index in [-0.39, 0.29) is 11.0 Å². The summed E-state index contributed by atoms with van der Waals surface area (Å²) in [7, 11) is 0. The van der Waals surface area contributed by atoms with Gasteiger partial charge in [-0.15, -0.1) is 0 Å². The summed E-state index contributed by atoms with van der Waals surface area (Å²) in [6.45, 7) is 7.13. The molecule has 0 aliphatic carbocycles. The van der Waals surface area contributed by atoms with E-state index in [9.17, 15) is 28.8 Å². The largest absolute Gasteiger partial charge is 0.462 e. The van der Waals surface area contributed by atoms with Crippen LogP contribution in [0.1, 0.15) is 49.3 Å². The third kappa shape index (κ3) is 7.94. The number of carbonyl (C=O) groups excluding carboxylic acids is 5. The summed E-state index contributed by atoms with van der Waals surface area (Å²) in [6, 6.07) is 3.40. The Hall–Kier alpha value is -3.61. The van der Waals surface area contributed by atoms with E-state index in [0.29, 0.717) is 11.0 Å². The molecule has 0 radical (unpaired) electrons. The number of nitrogens with zero attached hydrogens (tertiary/aromatic N) is 2. The van der Waals surface area contributed by atoms with Crippen LogP contribution in [0.25, 0.3) is 11.0 Å². The minimum Gasteiger partial charge on any atom is -0.462 e. The van der Waals surface area contributed by atoms with Gasteiger partial charge in [0.15, 0.2) is 29.8 Å². The Morgan fingerprint density at radius 3 is 1.95 bits per heavy atom. The fraction of sp³-hybridized carbons (Fsp3) is 0.480. The Morgan fingerprint density at radius 2 is 1.42 bits per heavy atom. The zero-order valence-corrected chi connectivity index (χ0v) is 23.4. The molecule has 206 valence electrons. The highest BCUT2D eigenvalue weighted by Gasteiger charge is 2.39. The third-order valence-electron chi connectivity index (χ3n) is 5.43. The summed E-state index contributed by atoms with van der Waals surface area (Å²) in [5.41, 5.74) is 1.22. The Morgan fingerprint density at radius 1 is 0.868 bits per heavy atom. The van der Waals surface area contributed by atoms with Crippen LogP contribution in [0.15, 0.2) is 16.9 Å². The van der Waals surface area contributed by atoms with Gasteiger partial charge in [-0.2, -0.15) is 0 Å². The number of rotatable bonds is 11. The van der Waals surface area contributed by atoms with Gasteiger partial charge in [-0.25, -0.2) is 4.98 Å². The van der Waals surface area contributed by atoms with Crippen LogP contribution in [0.5, 0.6) is 0 Å². The smallest absolute Gasteiger partial charge is 0.303 e. The molecule has 0 N–H and O–H groups in total. The van der Waals surface area contributed by atoms with Gasteiger partial charge in [0.1, 0.15) is 6.61 Å². The van der Waals surface area contributed by atoms with Crippen molar-refractivity contribution in [2.45, 2.75) is 66.4 Å². The first-order valence-corrected chi connectivity index (χ1v) is 12.6. The minimum absolute atomic E-state index is 0.161. The normalized spacial score (nSPS) is 13.2. The van der Waals surface area contributed by atoms with Gasteiger partial charge in [-0.05, 0) is 37.1 Å². The average molecular weight is 597 g/mol. The van der Waals surface area contributed by atoms with E-state index in [0.717, 1.165) is 38.8 Å². The van der Waals surface area contributed by atoms with Gasteiger partial charge in [0.2, 0.25) is 0 Å². The second-order valence-corrected chi connectivity index (χ2v) is 9.09. The lowest BCUT2D eigenvalue weighted by molar-refractivity contribution is -0.190. The van der Waals surface area contributed by atoms with Crippen molar-refractivity contribution >= 4 is 56.6 Å². The second-order valence-electron chi connectivity index (χ2n) is 8.53. The molecule has 2 aromatic rings. The molecule has 0 aliphatic heterocycles. The maximum absolute atomic E-state index is 13.5. The number of hydrogen-bond donors (Lipinski definition) is 0. The molecule has 13 heteroatoms. The van der Waals surface area contributed by atoms with E-state index >= 15 is 0 Å². The van der Waals surface area contributed by atoms with Crippen LogP contribution in [0.4, 0.5) is 0 Å². The monoisotopic (exact) mass is 596 g/mol. The van der Waals surface area contributed by atoms with Crippen molar-refractivity contribution in [3.8, 4) is 0 Å². The minimum atomic E-state index is -1.49. The second kappa shape index (κ2) is 13.3. The summed E-state index contributed by atoms with van der Waals surface area (Å²) >= 11 is 3.05. The van der Waals surface area contributed by atoms with Crippen LogP contribution in [0.3, 0.4) is 0 Å². The average Bonchev–Trinajstić information content (AvgIpc) is 2.81. The van der Waals surface area contributed by atoms with Crippen LogP contribution >= 0.6 is 15.9 Å². The van der Waals surface area contributed by atoms with E-state index in [1.165, 1.54) is 4.57 Å². The van der Waals surface area contributed by atoms with Crippen molar-refractivity contribution in [3.63, 3.8) is 0 Å². The number of alkyl halides is 1. The molecule has 3 atom stereocenters. The van der Waals surface area contributed by atoms with Crippen molar-refractivity contribution in [1.29, 1.82) is 0 Å². The van der Waals surface area contributed by atoms with E-state index in [1.54, 1.807) is 12.1 Å². The van der Waals surface area contributed by atoms with Crippen LogP contribution in [0.2, 0.25) is 0 Å². The molecule has 1 aromatic heterocycles. The lowest BCUT2D eigenvalue weighted by atomic mass is 10.1. The number of aryl methyl sites for hydroxylation is 2. The first kappa shape index (κ1) is 30.6. The molecule has 38 heavy (non-hydrogen) atoms. The summed E-state index contributed by atoms with van der Waals surface area (Å²) < 4.78 is 22.3. The fourth-order valence-corrected chi connectivity index (χ4v) is 3.98. The fourth-order valence-electron chi connectivity index (χ4n) is 3.72. The predicted molar refractivity (Wildman–Crippen MR) is 137 cm³/mol. The molecule has 1 aromatic carbocycles. The van der Waals surface area contributed by atoms with Gasteiger partial charge in [0.25, 0.3) is 5.56 Å². The highest BCUT2D eigenvalue weighted by Crippen LogP contribution is 2.21. The van der Waals surface area contributed by atoms with Crippen LogP contribution in [0, 0.1) is 13.8 Å².